The van der Waals surface area contributed by atoms with Crippen LogP contribution < -0.4 is 0 Å². The molecule has 5 nitrogen and oxygen atoms in total. The van der Waals surface area contributed by atoms with Gasteiger partial charge in [0.2, 0.25) is 0 Å². The Balaban J connectivity index is 1.28. The number of nitrogens with one attached hydrogen (secondary N) is 1. The molecule has 5 heteroatoms. The summed E-state index contributed by atoms with van der Waals surface area (Å²) >= 11 is 0. The molecule has 4 heterocycles. The van der Waals surface area contributed by atoms with E-state index in [0.717, 1.165) is 31.5 Å². The van der Waals surface area contributed by atoms with E-state index >= 15 is 0 Å². The average molecular weight is 403 g/mol. The minimum Gasteiger partial charge on any atom is -0.346 e. The lowest BCUT2D eigenvalue weighted by molar-refractivity contribution is -0.117. The molecule has 5 aliphatic rings. The summed E-state index contributed by atoms with van der Waals surface area (Å²) in [7, 11) is 0. The fourth-order valence-corrected chi connectivity index (χ4v) is 7.14. The number of fused-ring (bicyclic) bond motifs is 1. The maximum Gasteiger partial charge on any atom is 0.137 e. The first-order chi connectivity index (χ1) is 14.6. The van der Waals surface area contributed by atoms with Gasteiger partial charge in [0.25, 0.3) is 0 Å². The van der Waals surface area contributed by atoms with Gasteiger partial charge in [0, 0.05) is 42.3 Å². The smallest absolute Gasteiger partial charge is 0.137 e. The molecule has 0 radical (unpaired) electrons. The molecule has 4 atom stereocenters. The van der Waals surface area contributed by atoms with Crippen LogP contribution in [-0.4, -0.2) is 39.8 Å². The maximum atomic E-state index is 12.3. The van der Waals surface area contributed by atoms with Crippen molar-refractivity contribution >= 4 is 17.3 Å². The highest BCUT2D eigenvalue weighted by molar-refractivity contribution is 5.85. The summed E-state index contributed by atoms with van der Waals surface area (Å²) in [4.78, 5) is 22.8. The third-order valence-electron chi connectivity index (χ3n) is 8.70. The van der Waals surface area contributed by atoms with Crippen molar-refractivity contribution in [2.45, 2.75) is 75.8 Å². The molecule has 4 bridgehead atoms. The Bertz CT molecular complexity index is 1020. The molecule has 3 aliphatic carbocycles. The SMILES string of the molecule is CC(c1c[nH]c2nccc(C3CC3)c12)C(C=O)CN1C2CC3CC1CC(C#N)(C3)C2. The van der Waals surface area contributed by atoms with Crippen molar-refractivity contribution in [2.24, 2.45) is 17.3 Å². The van der Waals surface area contributed by atoms with Gasteiger partial charge in [-0.2, -0.15) is 5.26 Å². The van der Waals surface area contributed by atoms with Crippen molar-refractivity contribution in [3.05, 3.63) is 29.6 Å². The van der Waals surface area contributed by atoms with E-state index in [2.05, 4.69) is 40.1 Å². The number of hydrogen-bond acceptors (Lipinski definition) is 4. The van der Waals surface area contributed by atoms with Gasteiger partial charge >= 0.3 is 0 Å². The summed E-state index contributed by atoms with van der Waals surface area (Å²) in [5.74, 6) is 1.49. The van der Waals surface area contributed by atoms with Crippen molar-refractivity contribution in [2.75, 3.05) is 6.54 Å². The number of nitrogens with zero attached hydrogens (tertiary/aromatic N) is 3. The minimum absolute atomic E-state index is 0.0354. The van der Waals surface area contributed by atoms with E-state index in [1.165, 1.54) is 48.5 Å². The fourth-order valence-electron chi connectivity index (χ4n) is 7.14. The van der Waals surface area contributed by atoms with Crippen LogP contribution in [0, 0.1) is 28.6 Å². The zero-order valence-electron chi connectivity index (χ0n) is 17.7. The van der Waals surface area contributed by atoms with E-state index in [0.29, 0.717) is 23.9 Å². The molecule has 2 aromatic rings. The summed E-state index contributed by atoms with van der Waals surface area (Å²) in [6.45, 7) is 3.03. The van der Waals surface area contributed by atoms with E-state index < -0.39 is 0 Å². The number of nitriles is 1. The Hall–Kier alpha value is -2.19. The lowest BCUT2D eigenvalue weighted by Gasteiger charge is -2.60. The van der Waals surface area contributed by atoms with Crippen molar-refractivity contribution in [3.63, 3.8) is 0 Å². The maximum absolute atomic E-state index is 12.3. The normalized spacial score (nSPS) is 34.7. The number of pyridine rings is 1. The molecule has 4 unspecified atom stereocenters. The molecule has 0 spiro atoms. The van der Waals surface area contributed by atoms with Crippen LogP contribution in [0.3, 0.4) is 0 Å². The second kappa shape index (κ2) is 6.65. The van der Waals surface area contributed by atoms with Crippen LogP contribution in [0.5, 0.6) is 0 Å². The summed E-state index contributed by atoms with van der Waals surface area (Å²) in [6, 6.07) is 5.81. The summed E-state index contributed by atoms with van der Waals surface area (Å²) < 4.78 is 0. The first kappa shape index (κ1) is 18.6. The molecule has 2 aliphatic heterocycles. The molecule has 5 fully saturated rings. The first-order valence-electron chi connectivity index (χ1n) is 11.7. The van der Waals surface area contributed by atoms with E-state index in [4.69, 9.17) is 0 Å². The average Bonchev–Trinajstić information content (AvgIpc) is 3.50. The fraction of sp³-hybridized carbons (Fsp3) is 0.640. The van der Waals surface area contributed by atoms with Crippen molar-refractivity contribution < 1.29 is 4.79 Å². The Morgan fingerprint density at radius 2 is 2.10 bits per heavy atom. The van der Waals surface area contributed by atoms with Gasteiger partial charge in [-0.25, -0.2) is 4.98 Å². The second-order valence-corrected chi connectivity index (χ2v) is 10.6. The van der Waals surface area contributed by atoms with E-state index in [1.807, 2.05) is 6.20 Å². The van der Waals surface area contributed by atoms with Gasteiger partial charge in [0.15, 0.2) is 0 Å². The molecule has 2 aromatic heterocycles. The van der Waals surface area contributed by atoms with Gasteiger partial charge in [-0.3, -0.25) is 4.90 Å². The summed E-state index contributed by atoms with van der Waals surface area (Å²) in [6.07, 6.45) is 13.2. The number of aldehydes is 1. The number of rotatable bonds is 6. The van der Waals surface area contributed by atoms with Crippen LogP contribution in [0.2, 0.25) is 0 Å². The number of hydrogen-bond donors (Lipinski definition) is 1. The Morgan fingerprint density at radius 3 is 2.77 bits per heavy atom. The number of aromatic amines is 1. The molecule has 1 N–H and O–H groups in total. The molecule has 0 amide bonds. The first-order valence-corrected chi connectivity index (χ1v) is 11.7. The van der Waals surface area contributed by atoms with Crippen LogP contribution >= 0.6 is 0 Å². The van der Waals surface area contributed by atoms with E-state index in [1.54, 1.807) is 0 Å². The number of piperidine rings is 2. The lowest BCUT2D eigenvalue weighted by atomic mass is 9.56. The molecule has 30 heavy (non-hydrogen) atoms. The zero-order chi connectivity index (χ0) is 20.5. The Morgan fingerprint density at radius 1 is 1.33 bits per heavy atom. The highest BCUT2D eigenvalue weighted by atomic mass is 16.1. The topological polar surface area (TPSA) is 72.8 Å². The standard InChI is InChI=1S/C25H30N4O/c1-15(22-11-28-24-23(22)21(4-5-27-24)17-2-3-17)18(13-30)12-29-19-6-16-7-20(29)10-25(8-16,9-19)14-26/h4-5,11,13,15-20H,2-3,6-10,12H2,1H3,(H,27,28). The van der Waals surface area contributed by atoms with Gasteiger partial charge < -0.3 is 9.78 Å². The zero-order valence-corrected chi connectivity index (χ0v) is 17.7. The molecule has 156 valence electrons. The molecule has 0 aromatic carbocycles. The summed E-state index contributed by atoms with van der Waals surface area (Å²) in [5, 5.41) is 11.1. The molecule has 2 saturated heterocycles. The van der Waals surface area contributed by atoms with Crippen LogP contribution in [0.4, 0.5) is 0 Å². The van der Waals surface area contributed by atoms with Gasteiger partial charge in [-0.05, 0) is 79.9 Å². The highest BCUT2D eigenvalue weighted by Crippen LogP contribution is 2.56. The number of H-pyrrole nitrogens is 1. The van der Waals surface area contributed by atoms with Gasteiger partial charge in [-0.1, -0.05) is 6.92 Å². The van der Waals surface area contributed by atoms with E-state index in [9.17, 15) is 10.1 Å². The second-order valence-electron chi connectivity index (χ2n) is 10.6. The highest BCUT2D eigenvalue weighted by Gasteiger charge is 2.55. The molecular weight excluding hydrogens is 372 g/mol. The van der Waals surface area contributed by atoms with Crippen molar-refractivity contribution in [1.82, 2.24) is 14.9 Å². The Labute approximate surface area is 177 Å². The largest absolute Gasteiger partial charge is 0.346 e. The minimum atomic E-state index is -0.0863. The molecule has 7 rings (SSSR count). The monoisotopic (exact) mass is 402 g/mol. The molecular formula is C25H30N4O. The van der Waals surface area contributed by atoms with Crippen molar-refractivity contribution in [3.8, 4) is 6.07 Å². The van der Waals surface area contributed by atoms with Gasteiger partial charge in [0.05, 0.1) is 11.5 Å². The number of aromatic nitrogens is 2. The predicted octanol–water partition coefficient (Wildman–Crippen LogP) is 4.52. The summed E-state index contributed by atoms with van der Waals surface area (Å²) in [5.41, 5.74) is 3.52. The predicted molar refractivity (Wildman–Crippen MR) is 115 cm³/mol. The quantitative estimate of drug-likeness (QED) is 0.721. The molecule has 3 saturated carbocycles. The van der Waals surface area contributed by atoms with Crippen molar-refractivity contribution in [1.29, 1.82) is 5.26 Å². The van der Waals surface area contributed by atoms with Crippen LogP contribution in [0.15, 0.2) is 18.5 Å². The third kappa shape index (κ3) is 2.76. The third-order valence-corrected chi connectivity index (χ3v) is 8.70. The number of carbonyl (C=O) groups excluding carboxylic acids is 1. The number of carbonyl (C=O) groups is 1. The Kier molecular flexibility index (Phi) is 4.12. The van der Waals surface area contributed by atoms with E-state index in [-0.39, 0.29) is 17.3 Å². The van der Waals surface area contributed by atoms with Crippen LogP contribution in [0.25, 0.3) is 11.0 Å². The van der Waals surface area contributed by atoms with Crippen LogP contribution in [-0.2, 0) is 4.79 Å². The van der Waals surface area contributed by atoms with Gasteiger partial charge in [-0.15, -0.1) is 0 Å². The lowest BCUT2D eigenvalue weighted by Crippen LogP contribution is -2.62. The van der Waals surface area contributed by atoms with Crippen LogP contribution in [0.1, 0.15) is 74.8 Å². The van der Waals surface area contributed by atoms with Gasteiger partial charge in [0.1, 0.15) is 11.9 Å².